The number of H-pyrrole nitrogens is 1. The Kier molecular flexibility index (Phi) is 8.59. The number of amides is 1. The van der Waals surface area contributed by atoms with E-state index in [1.54, 1.807) is 17.0 Å². The molecule has 1 amide bonds. The summed E-state index contributed by atoms with van der Waals surface area (Å²) in [7, 11) is 3.37. The molecule has 1 atom stereocenters. The molecule has 2 aliphatic rings. The molecule has 10 nitrogen and oxygen atoms in total. The van der Waals surface area contributed by atoms with Gasteiger partial charge >= 0.3 is 6.18 Å². The van der Waals surface area contributed by atoms with Crippen LogP contribution < -0.4 is 25.4 Å². The number of piperazine rings is 1. The zero-order valence-electron chi connectivity index (χ0n) is 24.1. The lowest BCUT2D eigenvalue weighted by molar-refractivity contribution is -0.138. The Hall–Kier alpha value is -4.53. The fourth-order valence-corrected chi connectivity index (χ4v) is 5.33. The number of rotatable bonds is 6. The molecule has 0 spiro atoms. The molecule has 3 aromatic rings. The lowest BCUT2D eigenvalue weighted by Gasteiger charge is -2.40. The Morgan fingerprint density at radius 2 is 1.89 bits per heavy atom. The second-order valence-electron chi connectivity index (χ2n) is 10.6. The highest BCUT2D eigenvalue weighted by atomic mass is 19.4. The molecule has 1 fully saturated rings. The Bertz CT molecular complexity index is 1660. The Labute approximate surface area is 249 Å². The third-order valence-corrected chi connectivity index (χ3v) is 7.90. The molecule has 0 bridgehead atoms. The number of aromatic amines is 1. The van der Waals surface area contributed by atoms with Gasteiger partial charge in [0.1, 0.15) is 23.6 Å². The van der Waals surface area contributed by atoms with Gasteiger partial charge in [0.05, 0.1) is 29.5 Å². The number of anilines is 3. The molecule has 2 aromatic heterocycles. The number of methoxy groups -OCH3 is 1. The van der Waals surface area contributed by atoms with E-state index < -0.39 is 46.1 Å². The summed E-state index contributed by atoms with van der Waals surface area (Å²) in [5.74, 6) is -2.38. The first kappa shape index (κ1) is 30.9. The summed E-state index contributed by atoms with van der Waals surface area (Å²) in [6, 6.07) is 2.98. The van der Waals surface area contributed by atoms with Crippen LogP contribution >= 0.6 is 0 Å². The number of ether oxygens (including phenoxy) is 1. The summed E-state index contributed by atoms with van der Waals surface area (Å²) in [5, 5.41) is 2.28. The Morgan fingerprint density at radius 3 is 2.55 bits per heavy atom. The lowest BCUT2D eigenvalue weighted by atomic mass is 9.96. The number of hydrogen-bond donors (Lipinski definition) is 2. The van der Waals surface area contributed by atoms with Crippen LogP contribution in [0, 0.1) is 11.6 Å². The van der Waals surface area contributed by atoms with Gasteiger partial charge in [0.15, 0.2) is 5.82 Å². The van der Waals surface area contributed by atoms with E-state index in [1.807, 2.05) is 18.9 Å². The number of carbonyl (C=O) groups excluding carboxylic acids is 1. The molecule has 5 rings (SSSR count). The van der Waals surface area contributed by atoms with E-state index in [2.05, 4.69) is 25.2 Å². The van der Waals surface area contributed by atoms with E-state index in [4.69, 9.17) is 4.74 Å². The summed E-state index contributed by atoms with van der Waals surface area (Å²) in [6.07, 6.45) is -1.23. The summed E-state index contributed by atoms with van der Waals surface area (Å²) >= 11 is 0. The van der Waals surface area contributed by atoms with E-state index in [1.165, 1.54) is 13.4 Å². The Balaban J connectivity index is 1.55. The van der Waals surface area contributed by atoms with E-state index in [9.17, 15) is 22.8 Å². The molecular formula is C29H30F5N7O3. The van der Waals surface area contributed by atoms with Crippen LogP contribution in [0.25, 0.3) is 5.57 Å². The molecule has 0 aliphatic carbocycles. The van der Waals surface area contributed by atoms with E-state index in [0.717, 1.165) is 6.07 Å². The van der Waals surface area contributed by atoms with Crippen molar-refractivity contribution in [2.24, 2.45) is 0 Å². The van der Waals surface area contributed by atoms with Crippen molar-refractivity contribution < 1.29 is 31.5 Å². The highest BCUT2D eigenvalue weighted by Crippen LogP contribution is 2.40. The fourth-order valence-electron chi connectivity index (χ4n) is 5.33. The van der Waals surface area contributed by atoms with Gasteiger partial charge in [0, 0.05) is 63.2 Å². The van der Waals surface area contributed by atoms with Crippen LogP contribution in [0.1, 0.15) is 34.8 Å². The number of nitrogens with one attached hydrogen (secondary N) is 2. The smallest absolute Gasteiger partial charge is 0.417 e. The predicted molar refractivity (Wildman–Crippen MR) is 154 cm³/mol. The van der Waals surface area contributed by atoms with Crippen molar-refractivity contribution in [3.63, 3.8) is 0 Å². The number of pyridine rings is 1. The Morgan fingerprint density at radius 1 is 1.11 bits per heavy atom. The van der Waals surface area contributed by atoms with E-state index in [-0.39, 0.29) is 36.3 Å². The SMILES string of the molecule is COc1cc(N2CC=C(c3c(F)cc(N4CCN(C)C(C)C4)c(NC(=O)c4c[nH]c(=O)cc4C(F)(F)F)c3F)CC2)ncn1. The lowest BCUT2D eigenvalue weighted by Crippen LogP contribution is -2.50. The van der Waals surface area contributed by atoms with Crippen LogP contribution in [0.15, 0.2) is 41.6 Å². The van der Waals surface area contributed by atoms with Crippen LogP contribution in [0.3, 0.4) is 0 Å². The van der Waals surface area contributed by atoms with E-state index >= 15 is 8.78 Å². The maximum atomic E-state index is 16.4. The van der Waals surface area contributed by atoms with Crippen LogP contribution in [0.2, 0.25) is 0 Å². The van der Waals surface area contributed by atoms with Gasteiger partial charge in [-0.3, -0.25) is 9.59 Å². The molecule has 0 radical (unpaired) electrons. The molecule has 4 heterocycles. The number of benzene rings is 1. The van der Waals surface area contributed by atoms with Crippen LogP contribution in [-0.4, -0.2) is 78.7 Å². The maximum absolute atomic E-state index is 16.4. The largest absolute Gasteiger partial charge is 0.481 e. The third kappa shape index (κ3) is 6.23. The average Bonchev–Trinajstić information content (AvgIpc) is 2.99. The van der Waals surface area contributed by atoms with Crippen molar-refractivity contribution in [2.45, 2.75) is 25.6 Å². The molecule has 2 aliphatic heterocycles. The van der Waals surface area contributed by atoms with Crippen molar-refractivity contribution in [1.82, 2.24) is 19.9 Å². The van der Waals surface area contributed by atoms with Crippen LogP contribution in [0.4, 0.5) is 39.1 Å². The number of alkyl halides is 3. The summed E-state index contributed by atoms with van der Waals surface area (Å²) in [4.78, 5) is 40.7. The first-order valence-corrected chi connectivity index (χ1v) is 13.8. The van der Waals surface area contributed by atoms with Gasteiger partial charge in [-0.2, -0.15) is 13.2 Å². The molecule has 0 saturated carbocycles. The second-order valence-corrected chi connectivity index (χ2v) is 10.6. The summed E-state index contributed by atoms with van der Waals surface area (Å²) in [6.45, 7) is 3.77. The van der Waals surface area contributed by atoms with E-state index in [0.29, 0.717) is 49.6 Å². The van der Waals surface area contributed by atoms with Crippen molar-refractivity contribution in [2.75, 3.05) is 62.0 Å². The second kappa shape index (κ2) is 12.2. The van der Waals surface area contributed by atoms with Gasteiger partial charge in [0.25, 0.3) is 5.91 Å². The summed E-state index contributed by atoms with van der Waals surface area (Å²) < 4.78 is 78.5. The molecule has 44 heavy (non-hydrogen) atoms. The molecule has 234 valence electrons. The van der Waals surface area contributed by atoms with Gasteiger partial charge < -0.3 is 29.7 Å². The zero-order chi connectivity index (χ0) is 31.8. The quantitative estimate of drug-likeness (QED) is 0.397. The molecule has 2 N–H and O–H groups in total. The number of hydrogen-bond acceptors (Lipinski definition) is 8. The molecule has 1 saturated heterocycles. The minimum atomic E-state index is -5.03. The summed E-state index contributed by atoms with van der Waals surface area (Å²) in [5.41, 5.74) is -3.96. The minimum Gasteiger partial charge on any atom is -0.481 e. The number of carbonyl (C=O) groups is 1. The molecule has 1 aromatic carbocycles. The normalized spacial score (nSPS) is 17.8. The van der Waals surface area contributed by atoms with Gasteiger partial charge in [-0.05, 0) is 26.0 Å². The van der Waals surface area contributed by atoms with Crippen LogP contribution in [0.5, 0.6) is 5.88 Å². The average molecular weight is 620 g/mol. The van der Waals surface area contributed by atoms with Crippen molar-refractivity contribution >= 4 is 28.7 Å². The van der Waals surface area contributed by atoms with Gasteiger partial charge in [-0.15, -0.1) is 0 Å². The number of nitrogens with zero attached hydrogens (tertiary/aromatic N) is 5. The topological polar surface area (TPSA) is 107 Å². The first-order chi connectivity index (χ1) is 20.9. The van der Waals surface area contributed by atoms with Gasteiger partial charge in [-0.1, -0.05) is 6.08 Å². The zero-order valence-corrected chi connectivity index (χ0v) is 24.1. The van der Waals surface area contributed by atoms with Crippen molar-refractivity contribution in [1.29, 1.82) is 0 Å². The van der Waals surface area contributed by atoms with Crippen molar-refractivity contribution in [3.8, 4) is 5.88 Å². The fraction of sp³-hybridized carbons (Fsp3) is 0.379. The standard InChI is InChI=1S/C29H30F5N7O3/c1-16-14-41(9-8-39(16)2)21-11-20(30)25(17-4-6-40(7-5-17)22-12-24(44-3)37-15-36-22)26(31)27(21)38-28(43)18-13-35-23(42)10-19(18)29(32,33)34/h4,10-13,15-16H,5-9,14H2,1-3H3,(H,35,42)(H,38,43). The highest BCUT2D eigenvalue weighted by Gasteiger charge is 2.37. The minimum absolute atomic E-state index is 0.00106. The van der Waals surface area contributed by atoms with Gasteiger partial charge in [0.2, 0.25) is 11.4 Å². The maximum Gasteiger partial charge on any atom is 0.417 e. The number of aromatic nitrogens is 3. The van der Waals surface area contributed by atoms with Crippen molar-refractivity contribution in [3.05, 3.63) is 75.5 Å². The predicted octanol–water partition coefficient (Wildman–Crippen LogP) is 4.16. The molecule has 15 heteroatoms. The molecule has 1 unspecified atom stereocenters. The highest BCUT2D eigenvalue weighted by molar-refractivity contribution is 6.07. The first-order valence-electron chi connectivity index (χ1n) is 13.8. The number of halogens is 5. The van der Waals surface area contributed by atoms with Crippen LogP contribution in [-0.2, 0) is 6.18 Å². The molecular weight excluding hydrogens is 589 g/mol. The van der Waals surface area contributed by atoms with Gasteiger partial charge in [-0.25, -0.2) is 18.7 Å². The monoisotopic (exact) mass is 619 g/mol. The third-order valence-electron chi connectivity index (χ3n) is 7.90. The number of likely N-dealkylation sites (N-methyl/N-ethyl adjacent to an activating group) is 1.